The van der Waals surface area contributed by atoms with Crippen LogP contribution in [-0.4, -0.2) is 32.7 Å². The maximum atomic E-state index is 8.56. The van der Waals surface area contributed by atoms with Gasteiger partial charge in [-0.3, -0.25) is 0 Å². The topological polar surface area (TPSA) is 115 Å². The number of hydrogen-bond donors (Lipinski definition) is 4. The highest BCUT2D eigenvalue weighted by Crippen LogP contribution is 2.10. The fourth-order valence-corrected chi connectivity index (χ4v) is 1.74. The molecule has 6 heteroatoms. The summed E-state index contributed by atoms with van der Waals surface area (Å²) in [6.07, 6.45) is 12.3. The summed E-state index contributed by atoms with van der Waals surface area (Å²) >= 11 is 0. The zero-order valence-corrected chi connectivity index (χ0v) is 13.4. The summed E-state index contributed by atoms with van der Waals surface area (Å²) in [5.41, 5.74) is 0. The summed E-state index contributed by atoms with van der Waals surface area (Å²) in [5, 5.41) is 27.9. The van der Waals surface area contributed by atoms with Crippen LogP contribution < -0.4 is 0 Å². The van der Waals surface area contributed by atoms with E-state index in [1.165, 1.54) is 70.6 Å². The first-order valence-corrected chi connectivity index (χ1v) is 7.72. The van der Waals surface area contributed by atoms with Gasteiger partial charge in [0.05, 0.1) is 0 Å². The van der Waals surface area contributed by atoms with Crippen LogP contribution in [0.5, 0.6) is 0 Å². The first-order chi connectivity index (χ1) is 9.88. The van der Waals surface area contributed by atoms with E-state index in [-0.39, 0.29) is 0 Å². The molecule has 0 aromatic carbocycles. The number of hydrogen-bond acceptors (Lipinski definition) is 2. The molecule has 0 spiro atoms. The minimum atomic E-state index is -1.83. The quantitative estimate of drug-likeness (QED) is 0.381. The molecule has 0 radical (unpaired) electrons. The van der Waals surface area contributed by atoms with Crippen LogP contribution in [0.2, 0.25) is 0 Å². The Bertz CT molecular complexity index is 188. The molecule has 0 heterocycles. The molecular formula is C15H32O6. The van der Waals surface area contributed by atoms with Crippen molar-refractivity contribution in [3.8, 4) is 0 Å². The molecular weight excluding hydrogens is 276 g/mol. The molecule has 6 nitrogen and oxygen atoms in total. The second-order valence-corrected chi connectivity index (χ2v) is 4.75. The summed E-state index contributed by atoms with van der Waals surface area (Å²) in [4.78, 5) is 17.1. The molecule has 0 fully saturated rings. The lowest BCUT2D eigenvalue weighted by molar-refractivity contribution is 0.135. The van der Waals surface area contributed by atoms with Crippen LogP contribution in [0.15, 0.2) is 0 Å². The molecule has 0 aliphatic rings. The van der Waals surface area contributed by atoms with Gasteiger partial charge in [-0.15, -0.1) is 0 Å². The Kier molecular flexibility index (Phi) is 27.6. The lowest BCUT2D eigenvalue weighted by atomic mass is 10.1. The molecule has 128 valence electrons. The van der Waals surface area contributed by atoms with Crippen molar-refractivity contribution >= 4 is 12.3 Å². The highest BCUT2D eigenvalue weighted by atomic mass is 16.6. The standard InChI is InChI=1S/C13H28.2CH2O3/c1-3-5-7-9-11-13-12-10-8-6-4-2;2*2-1(3)4/h3-13H2,1-2H3;2*(H2,2,3,4). The SMILES string of the molecule is CCCCCCCCCCCCC.O=C(O)O.O=C(O)O. The summed E-state index contributed by atoms with van der Waals surface area (Å²) in [7, 11) is 0. The summed E-state index contributed by atoms with van der Waals surface area (Å²) in [6.45, 7) is 4.56. The van der Waals surface area contributed by atoms with Crippen LogP contribution in [0, 0.1) is 0 Å². The molecule has 0 rings (SSSR count). The van der Waals surface area contributed by atoms with Crippen LogP contribution in [0.1, 0.15) is 84.5 Å². The smallest absolute Gasteiger partial charge is 0.450 e. The Balaban J connectivity index is -0.000000334. The lowest BCUT2D eigenvalue weighted by Gasteiger charge is -2.00. The maximum absolute atomic E-state index is 8.56. The molecule has 21 heavy (non-hydrogen) atoms. The van der Waals surface area contributed by atoms with Gasteiger partial charge < -0.3 is 20.4 Å². The molecule has 0 aliphatic heterocycles. The van der Waals surface area contributed by atoms with E-state index in [2.05, 4.69) is 13.8 Å². The van der Waals surface area contributed by atoms with Gasteiger partial charge in [-0.2, -0.15) is 0 Å². The van der Waals surface area contributed by atoms with Crippen LogP contribution in [0.25, 0.3) is 0 Å². The van der Waals surface area contributed by atoms with Gasteiger partial charge >= 0.3 is 12.3 Å². The number of unbranched alkanes of at least 4 members (excludes halogenated alkanes) is 10. The second-order valence-electron chi connectivity index (χ2n) is 4.75. The van der Waals surface area contributed by atoms with E-state index < -0.39 is 12.3 Å². The third-order valence-corrected chi connectivity index (χ3v) is 2.71. The van der Waals surface area contributed by atoms with Crippen molar-refractivity contribution in [1.82, 2.24) is 0 Å². The molecule has 0 saturated carbocycles. The summed E-state index contributed by atoms with van der Waals surface area (Å²) < 4.78 is 0. The Labute approximate surface area is 127 Å². The molecule has 0 aromatic rings. The first kappa shape index (κ1) is 24.6. The Hall–Kier alpha value is -1.46. The van der Waals surface area contributed by atoms with Gasteiger partial charge in [-0.25, -0.2) is 9.59 Å². The van der Waals surface area contributed by atoms with Crippen molar-refractivity contribution in [2.45, 2.75) is 84.5 Å². The van der Waals surface area contributed by atoms with Crippen LogP contribution in [0.3, 0.4) is 0 Å². The van der Waals surface area contributed by atoms with Gasteiger partial charge in [0, 0.05) is 0 Å². The van der Waals surface area contributed by atoms with E-state index in [1.54, 1.807) is 0 Å². The molecule has 4 N–H and O–H groups in total. The van der Waals surface area contributed by atoms with E-state index in [9.17, 15) is 0 Å². The molecule has 0 saturated heterocycles. The second kappa shape index (κ2) is 23.6. The van der Waals surface area contributed by atoms with Crippen molar-refractivity contribution < 1.29 is 30.0 Å². The molecule has 0 aliphatic carbocycles. The molecule has 0 atom stereocenters. The maximum Gasteiger partial charge on any atom is 0.503 e. The largest absolute Gasteiger partial charge is 0.503 e. The van der Waals surface area contributed by atoms with Gasteiger partial charge in [0.15, 0.2) is 0 Å². The fraction of sp³-hybridized carbons (Fsp3) is 0.867. The molecule has 0 amide bonds. The van der Waals surface area contributed by atoms with Gasteiger partial charge in [0.25, 0.3) is 0 Å². The van der Waals surface area contributed by atoms with Crippen molar-refractivity contribution in [1.29, 1.82) is 0 Å². The zero-order chi connectivity index (χ0) is 16.9. The van der Waals surface area contributed by atoms with Gasteiger partial charge in [0.2, 0.25) is 0 Å². The lowest BCUT2D eigenvalue weighted by Crippen LogP contribution is -1.81. The van der Waals surface area contributed by atoms with E-state index in [4.69, 9.17) is 30.0 Å². The average Bonchev–Trinajstić information content (AvgIpc) is 2.35. The zero-order valence-electron chi connectivity index (χ0n) is 13.4. The minimum absolute atomic E-state index is 1.37. The van der Waals surface area contributed by atoms with Crippen molar-refractivity contribution in [2.75, 3.05) is 0 Å². The Morgan fingerprint density at radius 1 is 0.524 bits per heavy atom. The van der Waals surface area contributed by atoms with Crippen LogP contribution >= 0.6 is 0 Å². The van der Waals surface area contributed by atoms with Crippen LogP contribution in [-0.2, 0) is 0 Å². The molecule has 0 unspecified atom stereocenters. The third-order valence-electron chi connectivity index (χ3n) is 2.71. The third kappa shape index (κ3) is 69.5. The van der Waals surface area contributed by atoms with Crippen molar-refractivity contribution in [3.05, 3.63) is 0 Å². The van der Waals surface area contributed by atoms with E-state index in [1.807, 2.05) is 0 Å². The number of rotatable bonds is 10. The van der Waals surface area contributed by atoms with E-state index in [0.29, 0.717) is 0 Å². The van der Waals surface area contributed by atoms with Crippen LogP contribution in [0.4, 0.5) is 9.59 Å². The normalized spacial score (nSPS) is 8.86. The number of carboxylic acid groups (broad SMARTS) is 4. The van der Waals surface area contributed by atoms with E-state index in [0.717, 1.165) is 0 Å². The molecule has 0 aromatic heterocycles. The highest BCUT2D eigenvalue weighted by molar-refractivity contribution is 5.53. The monoisotopic (exact) mass is 308 g/mol. The Morgan fingerprint density at radius 3 is 0.810 bits per heavy atom. The van der Waals surface area contributed by atoms with Crippen molar-refractivity contribution in [3.63, 3.8) is 0 Å². The van der Waals surface area contributed by atoms with Gasteiger partial charge in [-0.1, -0.05) is 84.5 Å². The minimum Gasteiger partial charge on any atom is -0.450 e. The summed E-state index contributed by atoms with van der Waals surface area (Å²) in [5.74, 6) is 0. The van der Waals surface area contributed by atoms with Gasteiger partial charge in [-0.05, 0) is 0 Å². The van der Waals surface area contributed by atoms with Gasteiger partial charge in [0.1, 0.15) is 0 Å². The fourth-order valence-electron chi connectivity index (χ4n) is 1.74. The summed E-state index contributed by atoms with van der Waals surface area (Å²) in [6, 6.07) is 0. The van der Waals surface area contributed by atoms with E-state index >= 15 is 0 Å². The average molecular weight is 308 g/mol. The Morgan fingerprint density at radius 2 is 0.667 bits per heavy atom. The first-order valence-electron chi connectivity index (χ1n) is 7.72. The number of carbonyl (C=O) groups is 2. The highest BCUT2D eigenvalue weighted by Gasteiger charge is 1.90. The molecule has 0 bridgehead atoms. The predicted octanol–water partition coefficient (Wildman–Crippen LogP) is 5.76. The predicted molar refractivity (Wildman–Crippen MR) is 83.4 cm³/mol. The van der Waals surface area contributed by atoms with Crippen molar-refractivity contribution in [2.24, 2.45) is 0 Å².